The summed E-state index contributed by atoms with van der Waals surface area (Å²) < 4.78 is 33.4. The van der Waals surface area contributed by atoms with Crippen molar-refractivity contribution >= 4 is 33.3 Å². The molecule has 0 spiro atoms. The van der Waals surface area contributed by atoms with Crippen molar-refractivity contribution in [2.75, 3.05) is 13.4 Å². The molecule has 0 saturated carbocycles. The summed E-state index contributed by atoms with van der Waals surface area (Å²) in [4.78, 5) is 28.9. The van der Waals surface area contributed by atoms with Crippen molar-refractivity contribution in [1.82, 2.24) is 15.5 Å². The molecule has 0 unspecified atom stereocenters. The molecule has 0 aliphatic rings. The number of amides is 1. The summed E-state index contributed by atoms with van der Waals surface area (Å²) in [7, 11) is -2.20. The van der Waals surface area contributed by atoms with E-state index in [0.717, 1.165) is 6.26 Å². The predicted octanol–water partition coefficient (Wildman–Crippen LogP) is 2.60. The Balaban J connectivity index is 2.35. The van der Waals surface area contributed by atoms with Crippen LogP contribution in [0.5, 0.6) is 0 Å². The molecular weight excluding hydrogens is 434 g/mol. The first-order chi connectivity index (χ1) is 13.8. The molecule has 0 saturated heterocycles. The molecule has 0 aliphatic heterocycles. The summed E-state index contributed by atoms with van der Waals surface area (Å²) in [5.41, 5.74) is -0.361. The van der Waals surface area contributed by atoms with Crippen LogP contribution in [-0.4, -0.2) is 49.8 Å². The van der Waals surface area contributed by atoms with Gasteiger partial charge in [-0.1, -0.05) is 44.5 Å². The molecule has 1 N–H and O–H groups in total. The van der Waals surface area contributed by atoms with Crippen LogP contribution in [-0.2, 0) is 24.2 Å². The number of sulfone groups is 1. The highest BCUT2D eigenvalue weighted by Gasteiger charge is 2.35. The first kappa shape index (κ1) is 23.8. The molecule has 9 nitrogen and oxygen atoms in total. The van der Waals surface area contributed by atoms with E-state index in [0.29, 0.717) is 5.56 Å². The lowest BCUT2D eigenvalue weighted by Gasteiger charge is -2.25. The standard InChI is InChI=1S/C19H24ClN3O6S/c1-10(14(17(24)28-5)21-18(25)19(2,3)4)16-22-15(23-29-16)12-8-7-11(9-13(12)20)30(6,26)27/h7-10,14H,1-6H3,(H,21,25)/t10-,14-/m0/s1. The van der Waals surface area contributed by atoms with E-state index < -0.39 is 33.2 Å². The number of hydrogen-bond acceptors (Lipinski definition) is 8. The van der Waals surface area contributed by atoms with Gasteiger partial charge in [-0.25, -0.2) is 13.2 Å². The molecule has 0 fully saturated rings. The van der Waals surface area contributed by atoms with Gasteiger partial charge >= 0.3 is 5.97 Å². The number of aromatic nitrogens is 2. The Morgan fingerprint density at radius 1 is 1.27 bits per heavy atom. The average molecular weight is 458 g/mol. The molecule has 1 aromatic heterocycles. The summed E-state index contributed by atoms with van der Waals surface area (Å²) in [6.07, 6.45) is 1.07. The van der Waals surface area contributed by atoms with Crippen LogP contribution in [0.4, 0.5) is 0 Å². The van der Waals surface area contributed by atoms with Gasteiger partial charge in [0.05, 0.1) is 22.9 Å². The summed E-state index contributed by atoms with van der Waals surface area (Å²) in [5, 5.41) is 6.66. The quantitative estimate of drug-likeness (QED) is 0.655. The van der Waals surface area contributed by atoms with Crippen molar-refractivity contribution < 1.29 is 27.3 Å². The minimum absolute atomic E-state index is 0.0592. The maximum atomic E-state index is 12.4. The SMILES string of the molecule is COC(=O)[C@@H](NC(=O)C(C)(C)C)[C@H](C)c1nc(-c2ccc(S(C)(=O)=O)cc2Cl)no1. The Hall–Kier alpha value is -2.46. The van der Waals surface area contributed by atoms with Gasteiger partial charge in [-0.2, -0.15) is 4.98 Å². The van der Waals surface area contributed by atoms with Gasteiger partial charge in [-0.3, -0.25) is 4.79 Å². The molecule has 30 heavy (non-hydrogen) atoms. The Morgan fingerprint density at radius 2 is 1.90 bits per heavy atom. The van der Waals surface area contributed by atoms with Crippen LogP contribution >= 0.6 is 11.6 Å². The van der Waals surface area contributed by atoms with E-state index in [1.807, 2.05) is 0 Å². The highest BCUT2D eigenvalue weighted by molar-refractivity contribution is 7.90. The van der Waals surface area contributed by atoms with E-state index in [2.05, 4.69) is 15.5 Å². The molecule has 2 aromatic rings. The van der Waals surface area contributed by atoms with Gasteiger partial charge in [0.1, 0.15) is 6.04 Å². The molecule has 0 bridgehead atoms. The predicted molar refractivity (Wildman–Crippen MR) is 110 cm³/mol. The molecule has 1 amide bonds. The number of methoxy groups -OCH3 is 1. The van der Waals surface area contributed by atoms with E-state index >= 15 is 0 Å². The first-order valence-electron chi connectivity index (χ1n) is 8.98. The second-order valence-corrected chi connectivity index (χ2v) is 10.3. The van der Waals surface area contributed by atoms with Crippen LogP contribution < -0.4 is 5.32 Å². The average Bonchev–Trinajstić information content (AvgIpc) is 3.12. The van der Waals surface area contributed by atoms with Gasteiger partial charge in [-0.15, -0.1) is 0 Å². The third-order valence-electron chi connectivity index (χ3n) is 4.36. The van der Waals surface area contributed by atoms with Crippen molar-refractivity contribution in [1.29, 1.82) is 0 Å². The number of esters is 1. The number of carbonyl (C=O) groups is 2. The fraction of sp³-hybridized carbons (Fsp3) is 0.474. The number of ether oxygens (including phenoxy) is 1. The number of carbonyl (C=O) groups excluding carboxylic acids is 2. The van der Waals surface area contributed by atoms with E-state index in [1.54, 1.807) is 27.7 Å². The van der Waals surface area contributed by atoms with Gasteiger partial charge in [0.2, 0.25) is 17.6 Å². The van der Waals surface area contributed by atoms with Crippen LogP contribution in [0.2, 0.25) is 5.02 Å². The second kappa shape index (κ2) is 8.73. The van der Waals surface area contributed by atoms with Gasteiger partial charge < -0.3 is 14.6 Å². The van der Waals surface area contributed by atoms with Gasteiger partial charge in [-0.05, 0) is 18.2 Å². The summed E-state index contributed by atoms with van der Waals surface area (Å²) in [6.45, 7) is 6.78. The van der Waals surface area contributed by atoms with Gasteiger partial charge in [0.25, 0.3) is 0 Å². The van der Waals surface area contributed by atoms with Crippen molar-refractivity contribution in [2.45, 2.75) is 44.6 Å². The topological polar surface area (TPSA) is 128 Å². The molecule has 2 atom stereocenters. The van der Waals surface area contributed by atoms with Crippen LogP contribution in [0.3, 0.4) is 0 Å². The zero-order chi connectivity index (χ0) is 22.9. The molecule has 1 heterocycles. The molecule has 2 rings (SSSR count). The van der Waals surface area contributed by atoms with Crippen molar-refractivity contribution in [2.24, 2.45) is 5.41 Å². The first-order valence-corrected chi connectivity index (χ1v) is 11.2. The lowest BCUT2D eigenvalue weighted by Crippen LogP contribution is -2.48. The fourth-order valence-corrected chi connectivity index (χ4v) is 3.43. The number of rotatable bonds is 6. The Kier molecular flexibility index (Phi) is 6.93. The maximum absolute atomic E-state index is 12.4. The maximum Gasteiger partial charge on any atom is 0.329 e. The summed E-state index contributed by atoms with van der Waals surface area (Å²) in [5.74, 6) is -1.50. The summed E-state index contributed by atoms with van der Waals surface area (Å²) >= 11 is 6.20. The molecule has 1 aromatic carbocycles. The van der Waals surface area contributed by atoms with Crippen LogP contribution in [0.15, 0.2) is 27.6 Å². The number of nitrogens with one attached hydrogen (secondary N) is 1. The molecule has 0 radical (unpaired) electrons. The molecular formula is C19H24ClN3O6S. The van der Waals surface area contributed by atoms with Crippen molar-refractivity contribution in [3.05, 3.63) is 29.1 Å². The Labute approximate surface area is 180 Å². The molecule has 164 valence electrons. The normalized spacial score (nSPS) is 14.1. The van der Waals surface area contributed by atoms with Crippen molar-refractivity contribution in [3.63, 3.8) is 0 Å². The third-order valence-corrected chi connectivity index (χ3v) is 5.79. The highest BCUT2D eigenvalue weighted by Crippen LogP contribution is 2.30. The highest BCUT2D eigenvalue weighted by atomic mass is 35.5. The summed E-state index contributed by atoms with van der Waals surface area (Å²) in [6, 6.07) is 3.11. The monoisotopic (exact) mass is 457 g/mol. The lowest BCUT2D eigenvalue weighted by molar-refractivity contribution is -0.147. The van der Waals surface area contributed by atoms with E-state index in [4.69, 9.17) is 20.9 Å². The number of hydrogen-bond donors (Lipinski definition) is 1. The lowest BCUT2D eigenvalue weighted by atomic mass is 9.93. The van der Waals surface area contributed by atoms with Crippen LogP contribution in [0.25, 0.3) is 11.4 Å². The van der Waals surface area contributed by atoms with E-state index in [9.17, 15) is 18.0 Å². The van der Waals surface area contributed by atoms with E-state index in [-0.39, 0.29) is 27.5 Å². The number of halogens is 1. The van der Waals surface area contributed by atoms with Gasteiger partial charge in [0, 0.05) is 17.2 Å². The Morgan fingerprint density at radius 3 is 2.40 bits per heavy atom. The van der Waals surface area contributed by atoms with Gasteiger partial charge in [0.15, 0.2) is 9.84 Å². The van der Waals surface area contributed by atoms with Crippen molar-refractivity contribution in [3.8, 4) is 11.4 Å². The zero-order valence-electron chi connectivity index (χ0n) is 17.5. The fourth-order valence-electron chi connectivity index (χ4n) is 2.45. The number of nitrogens with zero attached hydrogens (tertiary/aromatic N) is 2. The molecule has 0 aliphatic carbocycles. The smallest absolute Gasteiger partial charge is 0.329 e. The largest absolute Gasteiger partial charge is 0.467 e. The second-order valence-electron chi connectivity index (χ2n) is 7.88. The molecule has 11 heteroatoms. The van der Waals surface area contributed by atoms with Crippen LogP contribution in [0, 0.1) is 5.41 Å². The minimum Gasteiger partial charge on any atom is -0.467 e. The minimum atomic E-state index is -3.42. The Bertz CT molecular complexity index is 1060. The zero-order valence-corrected chi connectivity index (χ0v) is 19.1. The van der Waals surface area contributed by atoms with E-state index in [1.165, 1.54) is 25.3 Å². The van der Waals surface area contributed by atoms with Crippen LogP contribution in [0.1, 0.15) is 39.5 Å². The number of benzene rings is 1. The third kappa shape index (κ3) is 5.37.